The van der Waals surface area contributed by atoms with E-state index >= 15 is 0 Å². The van der Waals surface area contributed by atoms with E-state index in [0.29, 0.717) is 22.8 Å². The Balaban J connectivity index is 1.40. The molecule has 0 radical (unpaired) electrons. The molecule has 0 bridgehead atoms. The molecule has 0 fully saturated rings. The van der Waals surface area contributed by atoms with E-state index in [4.69, 9.17) is 27.8 Å². The van der Waals surface area contributed by atoms with Gasteiger partial charge in [0.2, 0.25) is 0 Å². The summed E-state index contributed by atoms with van der Waals surface area (Å²) < 4.78 is 34.2. The van der Waals surface area contributed by atoms with Crippen LogP contribution in [0.4, 0.5) is 22.7 Å². The maximum absolute atomic E-state index is 13.0. The standard InChI is InChI=1S/C26H20Cl2N8O5S/c1-14-23(25(37)35(33-14)16-6-4-3-5-7-16)31-29-21-12-20(28)22(13-19(21)27)30-32-24-15(2)34-36(26(24)38)17-8-10-18(11-9-17)42(39,40)41/h3-13,33-34H,1-2H3,(H,39,40,41). The first-order valence-electron chi connectivity index (χ1n) is 12.0. The van der Waals surface area contributed by atoms with Crippen molar-refractivity contribution in [2.75, 3.05) is 0 Å². The summed E-state index contributed by atoms with van der Waals surface area (Å²) in [4.78, 5) is 25.5. The minimum Gasteiger partial charge on any atom is -0.293 e. The summed E-state index contributed by atoms with van der Waals surface area (Å²) in [6, 6.07) is 16.8. The zero-order valence-corrected chi connectivity index (χ0v) is 24.1. The van der Waals surface area contributed by atoms with Crippen molar-refractivity contribution in [2.45, 2.75) is 18.7 Å². The van der Waals surface area contributed by atoms with Crippen LogP contribution in [0.15, 0.2) is 102 Å². The number of nitrogens with zero attached hydrogens (tertiary/aromatic N) is 6. The lowest BCUT2D eigenvalue weighted by Crippen LogP contribution is -2.14. The minimum absolute atomic E-state index is 0.0255. The number of benzene rings is 3. The molecule has 16 heteroatoms. The van der Waals surface area contributed by atoms with Crippen LogP contribution in [0, 0.1) is 13.8 Å². The summed E-state index contributed by atoms with van der Waals surface area (Å²) in [5.41, 5.74) is 1.27. The molecule has 0 saturated carbocycles. The van der Waals surface area contributed by atoms with E-state index in [1.807, 2.05) is 6.07 Å². The van der Waals surface area contributed by atoms with Crippen LogP contribution in [0.1, 0.15) is 11.4 Å². The van der Waals surface area contributed by atoms with Crippen molar-refractivity contribution in [3.8, 4) is 11.4 Å². The van der Waals surface area contributed by atoms with Crippen LogP contribution < -0.4 is 11.1 Å². The quantitative estimate of drug-likeness (QED) is 0.135. The fraction of sp³-hybridized carbons (Fsp3) is 0.0769. The van der Waals surface area contributed by atoms with Crippen molar-refractivity contribution in [3.63, 3.8) is 0 Å². The monoisotopic (exact) mass is 626 g/mol. The molecule has 0 spiro atoms. The summed E-state index contributed by atoms with van der Waals surface area (Å²) in [7, 11) is -4.38. The van der Waals surface area contributed by atoms with Crippen molar-refractivity contribution < 1.29 is 13.0 Å². The third-order valence-corrected chi connectivity index (χ3v) is 7.49. The van der Waals surface area contributed by atoms with Crippen LogP contribution in [0.5, 0.6) is 0 Å². The van der Waals surface area contributed by atoms with Crippen molar-refractivity contribution in [1.82, 2.24) is 19.6 Å². The van der Waals surface area contributed by atoms with Gasteiger partial charge in [-0.2, -0.15) is 8.42 Å². The summed E-state index contributed by atoms with van der Waals surface area (Å²) in [5, 5.41) is 22.3. The largest absolute Gasteiger partial charge is 0.299 e. The molecular formula is C26H20Cl2N8O5S. The highest BCUT2D eigenvalue weighted by atomic mass is 35.5. The first-order chi connectivity index (χ1) is 19.9. The Morgan fingerprint density at radius 1 is 0.690 bits per heavy atom. The van der Waals surface area contributed by atoms with Gasteiger partial charge in [-0.3, -0.25) is 24.3 Å². The van der Waals surface area contributed by atoms with Crippen LogP contribution in [0.2, 0.25) is 10.0 Å². The number of halogens is 2. The van der Waals surface area contributed by atoms with Crippen molar-refractivity contribution >= 4 is 56.1 Å². The molecule has 0 aliphatic rings. The fourth-order valence-electron chi connectivity index (χ4n) is 3.91. The van der Waals surface area contributed by atoms with E-state index in [1.165, 1.54) is 28.9 Å². The summed E-state index contributed by atoms with van der Waals surface area (Å²) in [5.74, 6) is 0. The van der Waals surface area contributed by atoms with Crippen molar-refractivity contribution in [3.05, 3.63) is 109 Å². The molecule has 0 aliphatic heterocycles. The second-order valence-corrected chi connectivity index (χ2v) is 11.1. The van der Waals surface area contributed by atoms with Gasteiger partial charge in [-0.25, -0.2) is 9.36 Å². The molecule has 2 aromatic heterocycles. The predicted octanol–water partition coefficient (Wildman–Crippen LogP) is 6.65. The molecule has 0 atom stereocenters. The average Bonchev–Trinajstić information content (AvgIpc) is 3.41. The zero-order chi connectivity index (χ0) is 30.2. The molecule has 2 heterocycles. The van der Waals surface area contributed by atoms with E-state index in [0.717, 1.165) is 16.8 Å². The van der Waals surface area contributed by atoms with Crippen LogP contribution in [0.3, 0.4) is 0 Å². The summed E-state index contributed by atoms with van der Waals surface area (Å²) in [6.07, 6.45) is 0. The maximum atomic E-state index is 13.0. The Hall–Kier alpha value is -4.63. The molecule has 3 aromatic carbocycles. The van der Waals surface area contributed by atoms with E-state index < -0.39 is 21.2 Å². The van der Waals surface area contributed by atoms with Crippen LogP contribution >= 0.6 is 23.2 Å². The lowest BCUT2D eigenvalue weighted by Gasteiger charge is -2.02. The van der Waals surface area contributed by atoms with Gasteiger partial charge in [0, 0.05) is 0 Å². The van der Waals surface area contributed by atoms with Crippen molar-refractivity contribution in [2.24, 2.45) is 20.5 Å². The Kier molecular flexibility index (Phi) is 7.79. The summed E-state index contributed by atoms with van der Waals surface area (Å²) in [6.45, 7) is 3.30. The second-order valence-electron chi connectivity index (χ2n) is 8.91. The van der Waals surface area contributed by atoms with Crippen LogP contribution in [-0.4, -0.2) is 32.5 Å². The Bertz CT molecular complexity index is 2100. The van der Waals surface area contributed by atoms with Gasteiger partial charge >= 0.3 is 0 Å². The third-order valence-electron chi connectivity index (χ3n) is 6.02. The normalized spacial score (nSPS) is 12.1. The fourth-order valence-corrected chi connectivity index (χ4v) is 4.78. The lowest BCUT2D eigenvalue weighted by molar-refractivity contribution is 0.483. The molecule has 0 unspecified atom stereocenters. The van der Waals surface area contributed by atoms with Gasteiger partial charge in [-0.05, 0) is 62.4 Å². The molecule has 42 heavy (non-hydrogen) atoms. The minimum atomic E-state index is -4.38. The number of H-pyrrole nitrogens is 2. The van der Waals surface area contributed by atoms with Gasteiger partial charge in [0.15, 0.2) is 11.4 Å². The molecule has 5 aromatic rings. The van der Waals surface area contributed by atoms with Gasteiger partial charge in [0.05, 0.1) is 37.7 Å². The van der Waals surface area contributed by atoms with Gasteiger partial charge in [0.25, 0.3) is 21.2 Å². The highest BCUT2D eigenvalue weighted by Crippen LogP contribution is 2.37. The number of rotatable bonds is 7. The SMILES string of the molecule is Cc1[nH]n(-c2ccccc2)c(=O)c1N=Nc1cc(Cl)c(N=Nc2c(C)[nH]n(-c3ccc(S(=O)(=O)O)cc3)c2=O)cc1Cl. The molecule has 13 nitrogen and oxygen atoms in total. The molecule has 0 saturated heterocycles. The number of aromatic nitrogens is 4. The van der Waals surface area contributed by atoms with Crippen molar-refractivity contribution in [1.29, 1.82) is 0 Å². The number of hydrogen-bond donors (Lipinski definition) is 3. The second kappa shape index (κ2) is 11.3. The van der Waals surface area contributed by atoms with E-state index in [1.54, 1.807) is 38.1 Å². The maximum Gasteiger partial charge on any atom is 0.299 e. The number of hydrogen-bond acceptors (Lipinski definition) is 8. The van der Waals surface area contributed by atoms with Crippen LogP contribution in [0.25, 0.3) is 11.4 Å². The molecule has 214 valence electrons. The Morgan fingerprint density at radius 2 is 1.12 bits per heavy atom. The van der Waals surface area contributed by atoms with Gasteiger partial charge in [-0.15, -0.1) is 20.5 Å². The Labute approximate surface area is 247 Å². The molecule has 3 N–H and O–H groups in total. The van der Waals surface area contributed by atoms with E-state index in [2.05, 4.69) is 30.7 Å². The zero-order valence-electron chi connectivity index (χ0n) is 21.8. The first kappa shape index (κ1) is 28.9. The third kappa shape index (κ3) is 5.73. The highest BCUT2D eigenvalue weighted by Gasteiger charge is 2.16. The van der Waals surface area contributed by atoms with Gasteiger partial charge in [0.1, 0.15) is 11.4 Å². The number of aryl methyl sites for hydroxylation is 2. The molecule has 0 aliphatic carbocycles. The van der Waals surface area contributed by atoms with E-state index in [9.17, 15) is 18.0 Å². The number of aromatic amines is 2. The lowest BCUT2D eigenvalue weighted by atomic mass is 10.3. The highest BCUT2D eigenvalue weighted by molar-refractivity contribution is 7.85. The Morgan fingerprint density at radius 3 is 1.55 bits per heavy atom. The van der Waals surface area contributed by atoms with Gasteiger partial charge < -0.3 is 0 Å². The summed E-state index contributed by atoms with van der Waals surface area (Å²) >= 11 is 12.8. The van der Waals surface area contributed by atoms with Gasteiger partial charge in [-0.1, -0.05) is 41.4 Å². The number of nitrogens with one attached hydrogen (secondary N) is 2. The topological polar surface area (TPSA) is 179 Å². The van der Waals surface area contributed by atoms with Crippen LogP contribution in [-0.2, 0) is 10.1 Å². The predicted molar refractivity (Wildman–Crippen MR) is 157 cm³/mol. The molecular weight excluding hydrogens is 607 g/mol. The number of azo groups is 2. The first-order valence-corrected chi connectivity index (χ1v) is 14.2. The smallest absolute Gasteiger partial charge is 0.293 e. The molecule has 0 amide bonds. The molecule has 5 rings (SSSR count). The average molecular weight is 627 g/mol. The van der Waals surface area contributed by atoms with E-state index in [-0.39, 0.29) is 37.7 Å². The number of para-hydroxylation sites is 1.